The van der Waals surface area contributed by atoms with Gasteiger partial charge in [-0.3, -0.25) is 9.59 Å². The van der Waals surface area contributed by atoms with Gasteiger partial charge >= 0.3 is 0 Å². The summed E-state index contributed by atoms with van der Waals surface area (Å²) in [4.78, 5) is 21.8. The fourth-order valence-electron chi connectivity index (χ4n) is 1.23. The zero-order chi connectivity index (χ0) is 15.2. The first-order valence-corrected chi connectivity index (χ1v) is 7.54. The fourth-order valence-corrected chi connectivity index (χ4v) is 1.47. The van der Waals surface area contributed by atoms with Gasteiger partial charge in [0.15, 0.2) is 5.12 Å². The summed E-state index contributed by atoms with van der Waals surface area (Å²) in [7, 11) is 0. The molecule has 8 heteroatoms. The summed E-state index contributed by atoms with van der Waals surface area (Å²) < 4.78 is 10.6. The number of rotatable bonds is 13. The summed E-state index contributed by atoms with van der Waals surface area (Å²) in [6, 6.07) is 0. The van der Waals surface area contributed by atoms with Crippen LogP contribution in [0.25, 0.3) is 0 Å². The van der Waals surface area contributed by atoms with Gasteiger partial charge in [0, 0.05) is 31.3 Å². The third-order valence-corrected chi connectivity index (χ3v) is 2.60. The van der Waals surface area contributed by atoms with Gasteiger partial charge in [0.1, 0.15) is 0 Å². The van der Waals surface area contributed by atoms with Crippen LogP contribution in [-0.2, 0) is 19.1 Å². The van der Waals surface area contributed by atoms with Crippen molar-refractivity contribution in [3.8, 4) is 0 Å². The molecule has 1 unspecified atom stereocenters. The van der Waals surface area contributed by atoms with E-state index in [4.69, 9.17) is 9.47 Å². The molecule has 0 aromatic rings. The SMILES string of the molecule is CC(S)NCCOCCOCCNC(=O)CCC(=O)S. The van der Waals surface area contributed by atoms with E-state index in [1.165, 1.54) is 0 Å². The van der Waals surface area contributed by atoms with Gasteiger partial charge in [-0.1, -0.05) is 0 Å². The van der Waals surface area contributed by atoms with Gasteiger partial charge in [-0.25, -0.2) is 0 Å². The Balaban J connectivity index is 3.16. The van der Waals surface area contributed by atoms with Gasteiger partial charge in [-0.15, -0.1) is 12.6 Å². The van der Waals surface area contributed by atoms with Crippen LogP contribution in [0.15, 0.2) is 0 Å². The summed E-state index contributed by atoms with van der Waals surface area (Å²) >= 11 is 7.76. The average Bonchev–Trinajstić information content (AvgIpc) is 2.38. The van der Waals surface area contributed by atoms with Crippen LogP contribution in [-0.4, -0.2) is 55.9 Å². The second-order valence-electron chi connectivity index (χ2n) is 4.10. The Morgan fingerprint density at radius 3 is 2.20 bits per heavy atom. The topological polar surface area (TPSA) is 76.7 Å². The first-order chi connectivity index (χ1) is 9.52. The molecule has 0 heterocycles. The summed E-state index contributed by atoms with van der Waals surface area (Å²) in [5.74, 6) is -0.167. The van der Waals surface area contributed by atoms with E-state index in [0.29, 0.717) is 33.0 Å². The maximum absolute atomic E-state index is 11.2. The highest BCUT2D eigenvalue weighted by molar-refractivity contribution is 7.96. The molecule has 0 aliphatic carbocycles. The average molecular weight is 324 g/mol. The zero-order valence-corrected chi connectivity index (χ0v) is 13.6. The van der Waals surface area contributed by atoms with Crippen LogP contribution in [0.2, 0.25) is 0 Å². The van der Waals surface area contributed by atoms with Crippen LogP contribution < -0.4 is 10.6 Å². The van der Waals surface area contributed by atoms with Gasteiger partial charge in [0.25, 0.3) is 0 Å². The summed E-state index contributed by atoms with van der Waals surface area (Å²) in [5, 5.41) is 5.64. The van der Waals surface area contributed by atoms with Crippen molar-refractivity contribution < 1.29 is 19.1 Å². The Morgan fingerprint density at radius 1 is 1.05 bits per heavy atom. The van der Waals surface area contributed by atoms with Crippen LogP contribution in [0, 0.1) is 0 Å². The molecule has 1 atom stereocenters. The van der Waals surface area contributed by atoms with E-state index < -0.39 is 0 Å². The van der Waals surface area contributed by atoms with Gasteiger partial charge < -0.3 is 20.1 Å². The Bertz CT molecular complexity index is 278. The van der Waals surface area contributed by atoms with Crippen LogP contribution in [0.5, 0.6) is 0 Å². The highest BCUT2D eigenvalue weighted by Crippen LogP contribution is 1.93. The predicted octanol–water partition coefficient (Wildman–Crippen LogP) is 0.238. The van der Waals surface area contributed by atoms with Crippen molar-refractivity contribution in [1.29, 1.82) is 0 Å². The lowest BCUT2D eigenvalue weighted by molar-refractivity contribution is -0.123. The predicted molar refractivity (Wildman–Crippen MR) is 84.3 cm³/mol. The monoisotopic (exact) mass is 324 g/mol. The van der Waals surface area contributed by atoms with Crippen molar-refractivity contribution in [3.05, 3.63) is 0 Å². The molecule has 0 aliphatic heterocycles. The van der Waals surface area contributed by atoms with Crippen LogP contribution >= 0.6 is 25.3 Å². The maximum Gasteiger partial charge on any atom is 0.220 e. The third-order valence-electron chi connectivity index (χ3n) is 2.19. The van der Waals surface area contributed by atoms with E-state index in [9.17, 15) is 9.59 Å². The van der Waals surface area contributed by atoms with E-state index in [2.05, 4.69) is 35.9 Å². The van der Waals surface area contributed by atoms with E-state index in [-0.39, 0.29) is 29.2 Å². The van der Waals surface area contributed by atoms with Crippen molar-refractivity contribution in [2.45, 2.75) is 25.1 Å². The van der Waals surface area contributed by atoms with Crippen LogP contribution in [0.4, 0.5) is 0 Å². The minimum Gasteiger partial charge on any atom is -0.378 e. The molecule has 0 radical (unpaired) electrons. The van der Waals surface area contributed by atoms with Crippen molar-refractivity contribution >= 4 is 36.3 Å². The first-order valence-electron chi connectivity index (χ1n) is 6.57. The van der Waals surface area contributed by atoms with Gasteiger partial charge in [-0.2, -0.15) is 12.6 Å². The van der Waals surface area contributed by atoms with Gasteiger partial charge in [-0.05, 0) is 6.92 Å². The van der Waals surface area contributed by atoms with E-state index in [1.807, 2.05) is 6.92 Å². The largest absolute Gasteiger partial charge is 0.378 e. The molecule has 1 amide bonds. The Morgan fingerprint density at radius 2 is 1.65 bits per heavy atom. The van der Waals surface area contributed by atoms with Crippen molar-refractivity contribution in [2.24, 2.45) is 0 Å². The van der Waals surface area contributed by atoms with Gasteiger partial charge in [0.05, 0.1) is 26.4 Å². The van der Waals surface area contributed by atoms with Crippen molar-refractivity contribution in [3.63, 3.8) is 0 Å². The number of amides is 1. The maximum atomic E-state index is 11.2. The standard InChI is InChI=1S/C12H24N2O4S2/c1-10(19)13-4-6-17-8-9-18-7-5-14-11(15)2-3-12(16)20/h10,13,19H,2-9H2,1H3,(H,14,15)(H,16,20). The second kappa shape index (κ2) is 13.7. The van der Waals surface area contributed by atoms with Crippen molar-refractivity contribution in [1.82, 2.24) is 10.6 Å². The number of nitrogens with one attached hydrogen (secondary N) is 2. The molecular weight excluding hydrogens is 300 g/mol. The molecule has 0 aromatic carbocycles. The normalized spacial score (nSPS) is 12.2. The molecular formula is C12H24N2O4S2. The lowest BCUT2D eigenvalue weighted by Crippen LogP contribution is -2.28. The Hall–Kier alpha value is -0.280. The number of hydrogen-bond donors (Lipinski definition) is 4. The number of ether oxygens (including phenoxy) is 2. The van der Waals surface area contributed by atoms with E-state index in [1.54, 1.807) is 0 Å². The molecule has 2 N–H and O–H groups in total. The number of carbonyl (C=O) groups is 2. The van der Waals surface area contributed by atoms with Gasteiger partial charge in [0.2, 0.25) is 5.91 Å². The molecule has 6 nitrogen and oxygen atoms in total. The quantitative estimate of drug-likeness (QED) is 0.222. The molecule has 0 saturated heterocycles. The summed E-state index contributed by atoms with van der Waals surface area (Å²) in [6.45, 7) is 5.18. The molecule has 0 bridgehead atoms. The fraction of sp³-hybridized carbons (Fsp3) is 0.833. The Kier molecular flexibility index (Phi) is 13.5. The number of thiol groups is 2. The van der Waals surface area contributed by atoms with E-state index in [0.717, 1.165) is 6.54 Å². The third kappa shape index (κ3) is 15.8. The minimum absolute atomic E-state index is 0.155. The molecule has 0 rings (SSSR count). The minimum atomic E-state index is -0.282. The lowest BCUT2D eigenvalue weighted by Gasteiger charge is -2.09. The molecule has 0 aromatic heterocycles. The van der Waals surface area contributed by atoms with E-state index >= 15 is 0 Å². The zero-order valence-electron chi connectivity index (χ0n) is 11.8. The highest BCUT2D eigenvalue weighted by Gasteiger charge is 2.02. The lowest BCUT2D eigenvalue weighted by atomic mass is 10.3. The Labute approximate surface area is 131 Å². The molecule has 0 spiro atoms. The highest BCUT2D eigenvalue weighted by atomic mass is 32.1. The smallest absolute Gasteiger partial charge is 0.220 e. The summed E-state index contributed by atoms with van der Waals surface area (Å²) in [6.07, 6.45) is 0.324. The molecule has 0 aliphatic rings. The molecule has 118 valence electrons. The van der Waals surface area contributed by atoms with Crippen LogP contribution in [0.1, 0.15) is 19.8 Å². The number of hydrogen-bond acceptors (Lipinski definition) is 6. The first kappa shape index (κ1) is 19.7. The van der Waals surface area contributed by atoms with Crippen LogP contribution in [0.3, 0.4) is 0 Å². The second-order valence-corrected chi connectivity index (χ2v) is 5.37. The molecule has 20 heavy (non-hydrogen) atoms. The van der Waals surface area contributed by atoms with Crippen molar-refractivity contribution in [2.75, 3.05) is 39.5 Å². The molecule has 0 fully saturated rings. The number of carbonyl (C=O) groups excluding carboxylic acids is 2. The molecule has 0 saturated carbocycles. The summed E-state index contributed by atoms with van der Waals surface area (Å²) in [5.41, 5.74) is 0.